The van der Waals surface area contributed by atoms with E-state index in [2.05, 4.69) is 62.7 Å². The van der Waals surface area contributed by atoms with Crippen LogP contribution in [0, 0.1) is 6.92 Å². The standard InChI is InChI=1S/C27H27ClN6S/c1-17-4-6-21-20(24(17)34-16-31-26(29)25-23(34)9-13-35-25)8-10-30-27(21)32-19-5-7-22(28)18(14-19)15-33-11-2-3-12-33/h4-10,13-14H,2-3,11-12,15-16H2,1H3,(H2,29,31)(H,30,32). The molecule has 0 atom stereocenters. The number of hydrogen-bond donors (Lipinski definition) is 2. The van der Waals surface area contributed by atoms with Gasteiger partial charge < -0.3 is 16.0 Å². The Morgan fingerprint density at radius 1 is 1.09 bits per heavy atom. The molecule has 0 saturated carbocycles. The lowest BCUT2D eigenvalue weighted by molar-refractivity contribution is 0.331. The molecule has 178 valence electrons. The Kier molecular flexibility index (Phi) is 5.84. The SMILES string of the molecule is Cc1ccc2c(Nc3ccc(Cl)c(CN4CCCC4)c3)nccc2c1N1CN=C(N)c2sccc21. The first-order valence-corrected chi connectivity index (χ1v) is 13.2. The number of nitrogens with two attached hydrogens (primary N) is 1. The van der Waals surface area contributed by atoms with Gasteiger partial charge in [0.05, 0.1) is 16.3 Å². The molecule has 35 heavy (non-hydrogen) atoms. The van der Waals surface area contributed by atoms with Gasteiger partial charge >= 0.3 is 0 Å². The van der Waals surface area contributed by atoms with Gasteiger partial charge in [0.15, 0.2) is 0 Å². The molecular formula is C27H27ClN6S. The van der Waals surface area contributed by atoms with E-state index in [4.69, 9.17) is 22.3 Å². The Morgan fingerprint density at radius 2 is 1.94 bits per heavy atom. The number of thiophene rings is 1. The number of aromatic nitrogens is 1. The van der Waals surface area contributed by atoms with Crippen molar-refractivity contribution in [2.45, 2.75) is 26.3 Å². The molecule has 3 N–H and O–H groups in total. The Hall–Kier alpha value is -3.13. The van der Waals surface area contributed by atoms with Gasteiger partial charge in [-0.3, -0.25) is 4.90 Å². The number of amidine groups is 1. The zero-order valence-electron chi connectivity index (χ0n) is 19.6. The minimum absolute atomic E-state index is 0.498. The fourth-order valence-electron chi connectivity index (χ4n) is 5.09. The van der Waals surface area contributed by atoms with Crippen LogP contribution in [0.25, 0.3) is 10.8 Å². The van der Waals surface area contributed by atoms with Crippen molar-refractivity contribution in [3.63, 3.8) is 0 Å². The molecule has 2 aliphatic heterocycles. The van der Waals surface area contributed by atoms with Crippen LogP contribution >= 0.6 is 22.9 Å². The smallest absolute Gasteiger partial charge is 0.139 e. The second-order valence-corrected chi connectivity index (χ2v) is 10.5. The van der Waals surface area contributed by atoms with Crippen molar-refractivity contribution in [3.8, 4) is 0 Å². The molecule has 2 aromatic carbocycles. The maximum Gasteiger partial charge on any atom is 0.139 e. The molecule has 1 fully saturated rings. The second-order valence-electron chi connectivity index (χ2n) is 9.15. The molecule has 0 aliphatic carbocycles. The van der Waals surface area contributed by atoms with Crippen molar-refractivity contribution in [1.29, 1.82) is 0 Å². The molecule has 0 spiro atoms. The van der Waals surface area contributed by atoms with E-state index in [0.29, 0.717) is 12.5 Å². The lowest BCUT2D eigenvalue weighted by Crippen LogP contribution is -2.28. The number of likely N-dealkylation sites (tertiary alicyclic amines) is 1. The summed E-state index contributed by atoms with van der Waals surface area (Å²) >= 11 is 8.17. The highest BCUT2D eigenvalue weighted by molar-refractivity contribution is 7.12. The van der Waals surface area contributed by atoms with Crippen molar-refractivity contribution >= 4 is 62.4 Å². The summed E-state index contributed by atoms with van der Waals surface area (Å²) in [6.07, 6.45) is 4.39. The average Bonchev–Trinajstić information content (AvgIpc) is 3.55. The summed E-state index contributed by atoms with van der Waals surface area (Å²) in [5, 5.41) is 8.62. The van der Waals surface area contributed by atoms with Gasteiger partial charge in [-0.05, 0) is 79.7 Å². The monoisotopic (exact) mass is 502 g/mol. The Morgan fingerprint density at radius 3 is 2.80 bits per heavy atom. The largest absolute Gasteiger partial charge is 0.383 e. The minimum atomic E-state index is 0.498. The average molecular weight is 503 g/mol. The van der Waals surface area contributed by atoms with Crippen LogP contribution in [0.3, 0.4) is 0 Å². The summed E-state index contributed by atoms with van der Waals surface area (Å²) in [5.41, 5.74) is 11.7. The molecule has 4 aromatic rings. The molecule has 4 heterocycles. The van der Waals surface area contributed by atoms with Crippen molar-refractivity contribution in [2.24, 2.45) is 10.7 Å². The van der Waals surface area contributed by atoms with E-state index in [-0.39, 0.29) is 0 Å². The predicted molar refractivity (Wildman–Crippen MR) is 148 cm³/mol. The molecule has 0 radical (unpaired) electrons. The van der Waals surface area contributed by atoms with E-state index in [1.165, 1.54) is 18.4 Å². The van der Waals surface area contributed by atoms with Crippen LogP contribution in [0.4, 0.5) is 22.9 Å². The molecule has 1 saturated heterocycles. The number of nitrogens with one attached hydrogen (secondary N) is 1. The zero-order valence-corrected chi connectivity index (χ0v) is 21.2. The molecule has 0 amide bonds. The first-order chi connectivity index (χ1) is 17.1. The fourth-order valence-corrected chi connectivity index (χ4v) is 6.09. The highest BCUT2D eigenvalue weighted by Crippen LogP contribution is 2.41. The highest BCUT2D eigenvalue weighted by Gasteiger charge is 2.24. The first kappa shape index (κ1) is 22.3. The third-order valence-electron chi connectivity index (χ3n) is 6.84. The molecule has 0 bridgehead atoms. The number of aliphatic imine (C=N–C) groups is 1. The number of halogens is 1. The lowest BCUT2D eigenvalue weighted by atomic mass is 10.0. The summed E-state index contributed by atoms with van der Waals surface area (Å²) in [4.78, 5) is 15.0. The Balaban J connectivity index is 1.37. The molecule has 8 heteroatoms. The number of nitrogens with zero attached hydrogens (tertiary/aromatic N) is 4. The lowest BCUT2D eigenvalue weighted by Gasteiger charge is -2.29. The maximum absolute atomic E-state index is 6.54. The van der Waals surface area contributed by atoms with Gasteiger partial charge in [0.1, 0.15) is 18.3 Å². The van der Waals surface area contributed by atoms with Crippen LogP contribution in [0.15, 0.2) is 59.0 Å². The third-order valence-corrected chi connectivity index (χ3v) is 8.14. The van der Waals surface area contributed by atoms with Crippen LogP contribution in [0.5, 0.6) is 0 Å². The second kappa shape index (κ2) is 9.15. The quantitative estimate of drug-likeness (QED) is 0.330. The zero-order chi connectivity index (χ0) is 23.9. The molecule has 2 aliphatic rings. The topological polar surface area (TPSA) is 69.8 Å². The Bertz CT molecular complexity index is 1440. The Labute approximate surface area is 214 Å². The van der Waals surface area contributed by atoms with Crippen LogP contribution in [0.2, 0.25) is 5.02 Å². The van der Waals surface area contributed by atoms with Crippen molar-refractivity contribution in [1.82, 2.24) is 9.88 Å². The van der Waals surface area contributed by atoms with Crippen LogP contribution < -0.4 is 16.0 Å². The number of rotatable bonds is 5. The van der Waals surface area contributed by atoms with Crippen LogP contribution in [0.1, 0.15) is 28.8 Å². The van der Waals surface area contributed by atoms with Crippen molar-refractivity contribution in [2.75, 3.05) is 30.0 Å². The van der Waals surface area contributed by atoms with E-state index in [0.717, 1.165) is 68.7 Å². The maximum atomic E-state index is 6.54. The van der Waals surface area contributed by atoms with E-state index in [1.807, 2.05) is 18.3 Å². The van der Waals surface area contributed by atoms with E-state index < -0.39 is 0 Å². The van der Waals surface area contributed by atoms with Crippen LogP contribution in [-0.4, -0.2) is 35.5 Å². The number of pyridine rings is 1. The normalized spacial score (nSPS) is 15.9. The number of benzene rings is 2. The van der Waals surface area contributed by atoms with Gasteiger partial charge in [0.2, 0.25) is 0 Å². The molecule has 6 rings (SSSR count). The molecule has 2 aromatic heterocycles. The number of fused-ring (bicyclic) bond motifs is 2. The first-order valence-electron chi connectivity index (χ1n) is 11.9. The van der Waals surface area contributed by atoms with Crippen molar-refractivity contribution < 1.29 is 0 Å². The summed E-state index contributed by atoms with van der Waals surface area (Å²) in [5.74, 6) is 1.43. The van der Waals surface area contributed by atoms with Gasteiger partial charge in [0, 0.05) is 34.2 Å². The van der Waals surface area contributed by atoms with Crippen molar-refractivity contribution in [3.05, 3.63) is 75.1 Å². The summed E-state index contributed by atoms with van der Waals surface area (Å²) in [7, 11) is 0. The minimum Gasteiger partial charge on any atom is -0.383 e. The fraction of sp³-hybridized carbons (Fsp3) is 0.259. The van der Waals surface area contributed by atoms with E-state index in [1.54, 1.807) is 11.3 Å². The van der Waals surface area contributed by atoms with Crippen LogP contribution in [-0.2, 0) is 6.54 Å². The number of hydrogen-bond acceptors (Lipinski definition) is 7. The highest BCUT2D eigenvalue weighted by atomic mass is 35.5. The van der Waals surface area contributed by atoms with E-state index >= 15 is 0 Å². The number of aryl methyl sites for hydroxylation is 1. The summed E-state index contributed by atoms with van der Waals surface area (Å²) in [6, 6.07) is 14.6. The summed E-state index contributed by atoms with van der Waals surface area (Å²) < 4.78 is 0. The molecular weight excluding hydrogens is 476 g/mol. The van der Waals surface area contributed by atoms with E-state index in [9.17, 15) is 0 Å². The van der Waals surface area contributed by atoms with Gasteiger partial charge in [0.25, 0.3) is 0 Å². The van der Waals surface area contributed by atoms with Gasteiger partial charge in [-0.25, -0.2) is 9.98 Å². The molecule has 6 nitrogen and oxygen atoms in total. The van der Waals surface area contributed by atoms with Gasteiger partial charge in [-0.1, -0.05) is 23.7 Å². The summed E-state index contributed by atoms with van der Waals surface area (Å²) in [6.45, 7) is 5.79. The van der Waals surface area contributed by atoms with Gasteiger partial charge in [-0.2, -0.15) is 0 Å². The number of anilines is 4. The predicted octanol–water partition coefficient (Wildman–Crippen LogP) is 6.41. The molecule has 0 unspecified atom stereocenters. The van der Waals surface area contributed by atoms with Gasteiger partial charge in [-0.15, -0.1) is 11.3 Å². The third kappa shape index (κ3) is 4.14.